The van der Waals surface area contributed by atoms with E-state index in [-0.39, 0.29) is 10.8 Å². The van der Waals surface area contributed by atoms with Gasteiger partial charge in [-0.25, -0.2) is 13.9 Å². The van der Waals surface area contributed by atoms with Crippen molar-refractivity contribution in [1.29, 1.82) is 0 Å². The number of anilines is 1. The van der Waals surface area contributed by atoms with Gasteiger partial charge < -0.3 is 4.90 Å². The third kappa shape index (κ3) is 3.27. The summed E-state index contributed by atoms with van der Waals surface area (Å²) < 4.78 is 15.2. The first-order valence-electron chi connectivity index (χ1n) is 6.34. The molecule has 0 fully saturated rings. The molecule has 1 N–H and O–H groups in total. The van der Waals surface area contributed by atoms with Crippen LogP contribution in [0.1, 0.15) is 38.8 Å². The Bertz CT molecular complexity index is 501. The summed E-state index contributed by atoms with van der Waals surface area (Å²) in [4.78, 5) is 6.45. The van der Waals surface area contributed by atoms with E-state index < -0.39 is 11.0 Å². The molecule has 0 spiro atoms. The maximum atomic E-state index is 12.2. The Kier molecular flexibility index (Phi) is 4.18. The van der Waals surface area contributed by atoms with Crippen molar-refractivity contribution in [3.05, 3.63) is 22.8 Å². The lowest BCUT2D eigenvalue weighted by Gasteiger charge is -2.33. The molecule has 0 amide bonds. The smallest absolute Gasteiger partial charge is 0.134 e. The number of aromatic nitrogens is 1. The van der Waals surface area contributed by atoms with Crippen LogP contribution >= 0.6 is 11.6 Å². The molecule has 19 heavy (non-hydrogen) atoms. The van der Waals surface area contributed by atoms with Crippen LogP contribution in [0.25, 0.3) is 0 Å². The van der Waals surface area contributed by atoms with Gasteiger partial charge in [0.2, 0.25) is 0 Å². The molecule has 1 aromatic rings. The van der Waals surface area contributed by atoms with E-state index in [1.165, 1.54) is 0 Å². The molecular formula is C13H20ClN3OS. The standard InChI is InChI=1S/C13H20ClN3OS/c1-13(2,3)19(18)16-10-7-8-17(4)12-9(10)5-6-11(14)15-12/h5-6,10,16H,7-8H2,1-4H3. The van der Waals surface area contributed by atoms with Gasteiger partial charge in [-0.15, -0.1) is 0 Å². The Balaban J connectivity index is 2.27. The van der Waals surface area contributed by atoms with E-state index in [1.54, 1.807) is 6.07 Å². The van der Waals surface area contributed by atoms with Gasteiger partial charge in [-0.3, -0.25) is 0 Å². The summed E-state index contributed by atoms with van der Waals surface area (Å²) in [7, 11) is 0.911. The second-order valence-corrected chi connectivity index (χ2v) is 8.19. The molecule has 2 rings (SSSR count). The topological polar surface area (TPSA) is 45.2 Å². The zero-order valence-electron chi connectivity index (χ0n) is 11.7. The second-order valence-electron chi connectivity index (χ2n) is 5.81. The molecule has 0 aromatic carbocycles. The highest BCUT2D eigenvalue weighted by Gasteiger charge is 2.29. The van der Waals surface area contributed by atoms with Crippen molar-refractivity contribution >= 4 is 28.4 Å². The van der Waals surface area contributed by atoms with Crippen molar-refractivity contribution in [3.8, 4) is 0 Å². The van der Waals surface area contributed by atoms with E-state index in [1.807, 2.05) is 33.9 Å². The van der Waals surface area contributed by atoms with E-state index in [4.69, 9.17) is 11.6 Å². The lowest BCUT2D eigenvalue weighted by atomic mass is 10.0. The zero-order chi connectivity index (χ0) is 14.2. The molecule has 0 aliphatic carbocycles. The first kappa shape index (κ1) is 14.8. The highest BCUT2D eigenvalue weighted by Crippen LogP contribution is 2.33. The SMILES string of the molecule is CN1CCC(NS(=O)C(C)(C)C)c2ccc(Cl)nc21. The van der Waals surface area contributed by atoms with Gasteiger partial charge in [-0.05, 0) is 33.3 Å². The molecule has 0 radical (unpaired) electrons. The Hall–Kier alpha value is -0.650. The van der Waals surface area contributed by atoms with Crippen molar-refractivity contribution in [2.45, 2.75) is 38.0 Å². The van der Waals surface area contributed by atoms with Crippen LogP contribution in [0.4, 0.5) is 5.82 Å². The highest BCUT2D eigenvalue weighted by atomic mass is 35.5. The number of fused-ring (bicyclic) bond motifs is 1. The Morgan fingerprint density at radius 1 is 1.47 bits per heavy atom. The normalized spacial score (nSPS) is 21.1. The van der Waals surface area contributed by atoms with Crippen LogP contribution in [0.5, 0.6) is 0 Å². The summed E-state index contributed by atoms with van der Waals surface area (Å²) in [6.07, 6.45) is 0.911. The summed E-state index contributed by atoms with van der Waals surface area (Å²) in [5.41, 5.74) is 1.07. The lowest BCUT2D eigenvalue weighted by Crippen LogP contribution is -2.40. The molecule has 2 heterocycles. The van der Waals surface area contributed by atoms with Crippen molar-refractivity contribution in [2.75, 3.05) is 18.5 Å². The summed E-state index contributed by atoms with van der Waals surface area (Å²) in [5.74, 6) is 0.877. The average molecular weight is 302 g/mol. The van der Waals surface area contributed by atoms with Crippen LogP contribution in [-0.4, -0.2) is 27.5 Å². The minimum Gasteiger partial charge on any atom is -0.359 e. The second kappa shape index (κ2) is 5.38. The molecule has 1 aliphatic heterocycles. The average Bonchev–Trinajstić information content (AvgIpc) is 2.31. The number of nitrogens with one attached hydrogen (secondary N) is 1. The maximum Gasteiger partial charge on any atom is 0.134 e. The zero-order valence-corrected chi connectivity index (χ0v) is 13.3. The fraction of sp³-hybridized carbons (Fsp3) is 0.615. The molecule has 0 bridgehead atoms. The molecule has 4 nitrogen and oxygen atoms in total. The minimum absolute atomic E-state index is 0.0658. The molecule has 1 aromatic heterocycles. The molecule has 0 saturated heterocycles. The van der Waals surface area contributed by atoms with Gasteiger partial charge in [0.15, 0.2) is 0 Å². The number of nitrogens with zero attached hydrogens (tertiary/aromatic N) is 2. The van der Waals surface area contributed by atoms with E-state index in [2.05, 4.69) is 14.6 Å². The number of hydrogen-bond acceptors (Lipinski definition) is 3. The molecule has 2 atom stereocenters. The number of pyridine rings is 1. The van der Waals surface area contributed by atoms with E-state index in [0.29, 0.717) is 5.15 Å². The van der Waals surface area contributed by atoms with E-state index in [0.717, 1.165) is 24.3 Å². The van der Waals surface area contributed by atoms with Gasteiger partial charge in [0, 0.05) is 25.2 Å². The van der Waals surface area contributed by atoms with Gasteiger partial charge in [-0.2, -0.15) is 0 Å². The largest absolute Gasteiger partial charge is 0.359 e. The first-order valence-corrected chi connectivity index (χ1v) is 7.87. The van der Waals surface area contributed by atoms with E-state index >= 15 is 0 Å². The fourth-order valence-electron chi connectivity index (χ4n) is 2.03. The van der Waals surface area contributed by atoms with Gasteiger partial charge in [0.1, 0.15) is 11.0 Å². The van der Waals surface area contributed by atoms with Crippen molar-refractivity contribution in [2.24, 2.45) is 0 Å². The number of hydrogen-bond donors (Lipinski definition) is 1. The van der Waals surface area contributed by atoms with Crippen molar-refractivity contribution < 1.29 is 4.21 Å². The van der Waals surface area contributed by atoms with Crippen LogP contribution in [0.15, 0.2) is 12.1 Å². The van der Waals surface area contributed by atoms with Crippen LogP contribution in [-0.2, 0) is 11.0 Å². The van der Waals surface area contributed by atoms with Crippen LogP contribution < -0.4 is 9.62 Å². The Morgan fingerprint density at radius 3 is 2.79 bits per heavy atom. The van der Waals surface area contributed by atoms with Gasteiger partial charge in [0.05, 0.1) is 15.7 Å². The molecular weight excluding hydrogens is 282 g/mol. The lowest BCUT2D eigenvalue weighted by molar-refractivity contribution is 0.549. The van der Waals surface area contributed by atoms with Crippen molar-refractivity contribution in [3.63, 3.8) is 0 Å². The monoisotopic (exact) mass is 301 g/mol. The number of rotatable bonds is 2. The third-order valence-electron chi connectivity index (χ3n) is 3.17. The summed E-state index contributed by atoms with van der Waals surface area (Å²) in [6.45, 7) is 6.77. The van der Waals surface area contributed by atoms with Crippen molar-refractivity contribution in [1.82, 2.24) is 9.71 Å². The van der Waals surface area contributed by atoms with Gasteiger partial charge in [0.25, 0.3) is 0 Å². The predicted octanol–water partition coefficient (Wildman–Crippen LogP) is 2.67. The molecule has 1 aliphatic rings. The Morgan fingerprint density at radius 2 is 2.16 bits per heavy atom. The first-order chi connectivity index (χ1) is 8.79. The molecule has 106 valence electrons. The Labute approximate surface area is 122 Å². The number of halogens is 1. The summed E-state index contributed by atoms with van der Waals surface area (Å²) >= 11 is 5.95. The molecule has 2 unspecified atom stereocenters. The maximum absolute atomic E-state index is 12.2. The van der Waals surface area contributed by atoms with Crippen LogP contribution in [0, 0.1) is 0 Å². The fourth-order valence-corrected chi connectivity index (χ4v) is 3.03. The third-order valence-corrected chi connectivity index (χ3v) is 4.99. The van der Waals surface area contributed by atoms with Crippen LogP contribution in [0.3, 0.4) is 0 Å². The summed E-state index contributed by atoms with van der Waals surface area (Å²) in [5, 5.41) is 0.489. The van der Waals surface area contributed by atoms with Crippen LogP contribution in [0.2, 0.25) is 5.15 Å². The van der Waals surface area contributed by atoms with Gasteiger partial charge in [-0.1, -0.05) is 17.7 Å². The molecule has 0 saturated carbocycles. The van der Waals surface area contributed by atoms with Gasteiger partial charge >= 0.3 is 0 Å². The quantitative estimate of drug-likeness (QED) is 0.854. The predicted molar refractivity (Wildman–Crippen MR) is 80.9 cm³/mol. The minimum atomic E-state index is -1.09. The molecule has 6 heteroatoms. The highest BCUT2D eigenvalue weighted by molar-refractivity contribution is 7.84. The van der Waals surface area contributed by atoms with E-state index in [9.17, 15) is 4.21 Å². The summed E-state index contributed by atoms with van der Waals surface area (Å²) in [6, 6.07) is 3.82.